The molecule has 2 heteroatoms. The number of hydrogen-bond acceptors (Lipinski definition) is 2. The smallest absolute Gasteiger partial charge is 0.122 e. The highest BCUT2D eigenvalue weighted by Gasteiger charge is 2.32. The molecule has 1 aromatic rings. The number of benzene rings is 1. The molecule has 0 aliphatic heterocycles. The van der Waals surface area contributed by atoms with Gasteiger partial charge in [-0.3, -0.25) is 0 Å². The summed E-state index contributed by atoms with van der Waals surface area (Å²) in [4.78, 5) is 0. The summed E-state index contributed by atoms with van der Waals surface area (Å²) in [6, 6.07) is 4.30. The normalized spacial score (nSPS) is 18.1. The summed E-state index contributed by atoms with van der Waals surface area (Å²) in [5.41, 5.74) is 3.59. The van der Waals surface area contributed by atoms with Gasteiger partial charge in [-0.05, 0) is 48.6 Å². The van der Waals surface area contributed by atoms with E-state index >= 15 is 0 Å². The average Bonchev–Trinajstić information content (AvgIpc) is 2.46. The molecule has 0 bridgehead atoms. The minimum atomic E-state index is 0.126. The van der Waals surface area contributed by atoms with E-state index in [9.17, 15) is 5.11 Å². The van der Waals surface area contributed by atoms with E-state index in [4.69, 9.17) is 5.11 Å². The van der Waals surface area contributed by atoms with Crippen LogP contribution >= 0.6 is 0 Å². The van der Waals surface area contributed by atoms with Crippen molar-refractivity contribution < 1.29 is 10.2 Å². The van der Waals surface area contributed by atoms with E-state index in [0.29, 0.717) is 5.75 Å². The van der Waals surface area contributed by atoms with Gasteiger partial charge >= 0.3 is 0 Å². The maximum Gasteiger partial charge on any atom is 0.122 e. The Hall–Kier alpha value is -1.02. The Balaban J connectivity index is 2.38. The van der Waals surface area contributed by atoms with Crippen molar-refractivity contribution in [1.29, 1.82) is 0 Å². The molecule has 0 aromatic heterocycles. The second kappa shape index (κ2) is 6.62. The molecule has 0 saturated heterocycles. The molecule has 2 N–H and O–H groups in total. The Morgan fingerprint density at radius 2 is 1.85 bits per heavy atom. The fraction of sp³-hybridized carbons (Fsp3) is 0.667. The van der Waals surface area contributed by atoms with Gasteiger partial charge in [-0.1, -0.05) is 45.2 Å². The van der Waals surface area contributed by atoms with Gasteiger partial charge in [0.1, 0.15) is 5.75 Å². The van der Waals surface area contributed by atoms with Crippen molar-refractivity contribution in [3.05, 3.63) is 28.8 Å². The molecule has 2 rings (SSSR count). The van der Waals surface area contributed by atoms with Crippen LogP contribution in [0.25, 0.3) is 0 Å². The summed E-state index contributed by atoms with van der Waals surface area (Å²) in [5, 5.41) is 19.6. The molecule has 0 unspecified atom stereocenters. The molecular weight excluding hydrogens is 248 g/mol. The molecular formula is C18H28O2. The largest absolute Gasteiger partial charge is 0.507 e. The molecule has 1 aliphatic rings. The standard InChI is InChI=1S/C18H28O2/c1-3-15-12-14(8-7-11-19)13-16(17(15)20)18(2)9-5-4-6-10-18/h12-13,19-20H,3-11H2,1-2H3. The molecule has 1 saturated carbocycles. The Kier molecular flexibility index (Phi) is 5.09. The second-order valence-electron chi connectivity index (χ2n) is 6.45. The van der Waals surface area contributed by atoms with Crippen LogP contribution in [-0.2, 0) is 18.3 Å². The van der Waals surface area contributed by atoms with Crippen LogP contribution in [-0.4, -0.2) is 16.8 Å². The van der Waals surface area contributed by atoms with E-state index in [1.165, 1.54) is 37.7 Å². The zero-order valence-electron chi connectivity index (χ0n) is 12.9. The lowest BCUT2D eigenvalue weighted by Gasteiger charge is -2.35. The molecule has 1 aromatic carbocycles. The van der Waals surface area contributed by atoms with Crippen LogP contribution in [0.3, 0.4) is 0 Å². The zero-order chi connectivity index (χ0) is 14.6. The van der Waals surface area contributed by atoms with Crippen LogP contribution < -0.4 is 0 Å². The Morgan fingerprint density at radius 3 is 2.45 bits per heavy atom. The van der Waals surface area contributed by atoms with Crippen LogP contribution in [0, 0.1) is 0 Å². The van der Waals surface area contributed by atoms with Crippen LogP contribution in [0.1, 0.15) is 69.1 Å². The topological polar surface area (TPSA) is 40.5 Å². The molecule has 1 aliphatic carbocycles. The summed E-state index contributed by atoms with van der Waals surface area (Å²) >= 11 is 0. The molecule has 0 heterocycles. The number of aromatic hydroxyl groups is 1. The fourth-order valence-corrected chi connectivity index (χ4v) is 3.52. The first-order chi connectivity index (χ1) is 9.60. The van der Waals surface area contributed by atoms with Crippen molar-refractivity contribution in [2.75, 3.05) is 6.61 Å². The predicted molar refractivity (Wildman–Crippen MR) is 83.3 cm³/mol. The first-order valence-corrected chi connectivity index (χ1v) is 8.07. The fourth-order valence-electron chi connectivity index (χ4n) is 3.52. The SMILES string of the molecule is CCc1cc(CCCO)cc(C2(C)CCCCC2)c1O. The quantitative estimate of drug-likeness (QED) is 0.850. The molecule has 20 heavy (non-hydrogen) atoms. The summed E-state index contributed by atoms with van der Waals surface area (Å²) in [7, 11) is 0. The third kappa shape index (κ3) is 3.17. The van der Waals surface area contributed by atoms with Crippen molar-refractivity contribution in [3.8, 4) is 5.75 Å². The van der Waals surface area contributed by atoms with E-state index in [-0.39, 0.29) is 12.0 Å². The van der Waals surface area contributed by atoms with Gasteiger partial charge < -0.3 is 10.2 Å². The van der Waals surface area contributed by atoms with Gasteiger partial charge in [0.2, 0.25) is 0 Å². The molecule has 0 spiro atoms. The molecule has 112 valence electrons. The van der Waals surface area contributed by atoms with Crippen molar-refractivity contribution in [1.82, 2.24) is 0 Å². The third-order valence-corrected chi connectivity index (χ3v) is 4.86. The van der Waals surface area contributed by atoms with Crippen LogP contribution in [0.4, 0.5) is 0 Å². The van der Waals surface area contributed by atoms with Crippen molar-refractivity contribution in [2.24, 2.45) is 0 Å². The highest BCUT2D eigenvalue weighted by atomic mass is 16.3. The third-order valence-electron chi connectivity index (χ3n) is 4.86. The van der Waals surface area contributed by atoms with Crippen molar-refractivity contribution in [3.63, 3.8) is 0 Å². The minimum Gasteiger partial charge on any atom is -0.507 e. The van der Waals surface area contributed by atoms with Gasteiger partial charge in [0.05, 0.1) is 0 Å². The summed E-state index contributed by atoms with van der Waals surface area (Å²) < 4.78 is 0. The Labute approximate surface area is 122 Å². The van der Waals surface area contributed by atoms with E-state index < -0.39 is 0 Å². The molecule has 0 atom stereocenters. The lowest BCUT2D eigenvalue weighted by Crippen LogP contribution is -2.25. The first-order valence-electron chi connectivity index (χ1n) is 8.07. The number of aliphatic hydroxyl groups is 1. The number of phenols is 1. The van der Waals surface area contributed by atoms with E-state index in [2.05, 4.69) is 26.0 Å². The molecule has 0 amide bonds. The van der Waals surface area contributed by atoms with Gasteiger partial charge in [0.15, 0.2) is 0 Å². The number of aliphatic hydroxyl groups excluding tert-OH is 1. The lowest BCUT2D eigenvalue weighted by atomic mass is 9.70. The van der Waals surface area contributed by atoms with Crippen molar-refractivity contribution in [2.45, 2.75) is 70.6 Å². The van der Waals surface area contributed by atoms with E-state index in [1.807, 2.05) is 0 Å². The maximum absolute atomic E-state index is 10.6. The van der Waals surface area contributed by atoms with Crippen LogP contribution in [0.5, 0.6) is 5.75 Å². The predicted octanol–water partition coefficient (Wildman–Crippen LogP) is 4.10. The molecule has 0 radical (unpaired) electrons. The average molecular weight is 276 g/mol. The van der Waals surface area contributed by atoms with Crippen molar-refractivity contribution >= 4 is 0 Å². The summed E-state index contributed by atoms with van der Waals surface area (Å²) in [5.74, 6) is 0.518. The number of hydrogen-bond donors (Lipinski definition) is 2. The maximum atomic E-state index is 10.6. The van der Waals surface area contributed by atoms with Gasteiger partial charge in [-0.25, -0.2) is 0 Å². The Bertz CT molecular complexity index is 445. The number of aryl methyl sites for hydroxylation is 2. The highest BCUT2D eigenvalue weighted by molar-refractivity contribution is 5.48. The molecule has 1 fully saturated rings. The Morgan fingerprint density at radius 1 is 1.15 bits per heavy atom. The van der Waals surface area contributed by atoms with Gasteiger partial charge in [-0.15, -0.1) is 0 Å². The summed E-state index contributed by atoms with van der Waals surface area (Å²) in [6.07, 6.45) is 8.75. The van der Waals surface area contributed by atoms with Crippen LogP contribution in [0.2, 0.25) is 0 Å². The van der Waals surface area contributed by atoms with E-state index in [1.54, 1.807) is 0 Å². The zero-order valence-corrected chi connectivity index (χ0v) is 12.9. The second-order valence-corrected chi connectivity index (χ2v) is 6.45. The first kappa shape index (κ1) is 15.4. The van der Waals surface area contributed by atoms with E-state index in [0.717, 1.165) is 30.4 Å². The minimum absolute atomic E-state index is 0.126. The lowest BCUT2D eigenvalue weighted by molar-refractivity contribution is 0.288. The van der Waals surface area contributed by atoms with Gasteiger partial charge in [0, 0.05) is 12.2 Å². The van der Waals surface area contributed by atoms with Crippen LogP contribution in [0.15, 0.2) is 12.1 Å². The highest BCUT2D eigenvalue weighted by Crippen LogP contribution is 2.44. The molecule has 2 nitrogen and oxygen atoms in total. The monoisotopic (exact) mass is 276 g/mol. The number of rotatable bonds is 5. The summed E-state index contributed by atoms with van der Waals surface area (Å²) in [6.45, 7) is 4.63. The number of phenolic OH excluding ortho intramolecular Hbond substituents is 1. The van der Waals surface area contributed by atoms with Gasteiger partial charge in [-0.2, -0.15) is 0 Å². The van der Waals surface area contributed by atoms with Gasteiger partial charge in [0.25, 0.3) is 0 Å².